The molecule has 1 unspecified atom stereocenters. The number of unbranched alkanes of at least 4 members (excludes halogenated alkanes) is 26. The molecule has 0 spiro atoms. The molecule has 0 saturated carbocycles. The zero-order chi connectivity index (χ0) is 59.9. The van der Waals surface area contributed by atoms with Crippen LogP contribution in [-0.2, 0) is 28.6 Å². The highest BCUT2D eigenvalue weighted by molar-refractivity contribution is 5.71. The SMILES string of the molecule is CC/C=C\C/C=C\C/C=C\C/C=C\C/C=C\C/C=C\CCCCCCCCCCCCCCCCC(=O)OCC(COC(=O)CCCCCCCCCCCCC)OC(=O)CCCC/C=C\C/C=C\C/C=C\C/C=C\C/C=C\C/C=C\CC. The van der Waals surface area contributed by atoms with Crippen molar-refractivity contribution in [2.75, 3.05) is 13.2 Å². The Morgan fingerprint density at radius 3 is 0.759 bits per heavy atom. The number of rotatable bonds is 61. The molecule has 0 N–H and O–H groups in total. The lowest BCUT2D eigenvalue weighted by Crippen LogP contribution is -2.30. The van der Waals surface area contributed by atoms with E-state index in [1.54, 1.807) is 0 Å². The van der Waals surface area contributed by atoms with Crippen molar-refractivity contribution in [2.45, 2.75) is 309 Å². The minimum absolute atomic E-state index is 0.0965. The Bertz CT molecular complexity index is 1800. The van der Waals surface area contributed by atoms with Crippen LogP contribution in [0, 0.1) is 0 Å². The summed E-state index contributed by atoms with van der Waals surface area (Å²) >= 11 is 0. The summed E-state index contributed by atoms with van der Waals surface area (Å²) in [5.74, 6) is -0.937. The Morgan fingerprint density at radius 2 is 0.470 bits per heavy atom. The van der Waals surface area contributed by atoms with Crippen LogP contribution in [0.3, 0.4) is 0 Å². The summed E-state index contributed by atoms with van der Waals surface area (Å²) in [6, 6.07) is 0. The monoisotopic (exact) mass is 1150 g/mol. The Kier molecular flexibility index (Phi) is 65.8. The predicted molar refractivity (Wildman–Crippen MR) is 362 cm³/mol. The van der Waals surface area contributed by atoms with E-state index in [1.165, 1.54) is 128 Å². The fourth-order valence-electron chi connectivity index (χ4n) is 9.27. The van der Waals surface area contributed by atoms with Gasteiger partial charge in [0.05, 0.1) is 0 Å². The average molecular weight is 1150 g/mol. The minimum atomic E-state index is -0.805. The Balaban J connectivity index is 4.26. The first-order chi connectivity index (χ1) is 41.0. The van der Waals surface area contributed by atoms with Crippen LogP contribution in [0.1, 0.15) is 303 Å². The van der Waals surface area contributed by atoms with Crippen LogP contribution < -0.4 is 0 Å². The Labute approximate surface area is 512 Å². The zero-order valence-corrected chi connectivity index (χ0v) is 53.9. The first kappa shape index (κ1) is 78.3. The van der Waals surface area contributed by atoms with Gasteiger partial charge in [0.1, 0.15) is 13.2 Å². The van der Waals surface area contributed by atoms with E-state index in [4.69, 9.17) is 14.2 Å². The number of hydrogen-bond acceptors (Lipinski definition) is 6. The summed E-state index contributed by atoms with van der Waals surface area (Å²) in [6.07, 6.45) is 100. The maximum Gasteiger partial charge on any atom is 0.306 e. The molecule has 0 aromatic heterocycles. The molecule has 0 aromatic rings. The lowest BCUT2D eigenvalue weighted by molar-refractivity contribution is -0.167. The van der Waals surface area contributed by atoms with E-state index in [2.05, 4.69) is 167 Å². The zero-order valence-electron chi connectivity index (χ0n) is 53.9. The molecular weight excluding hydrogens is 1020 g/mol. The summed E-state index contributed by atoms with van der Waals surface area (Å²) in [5, 5.41) is 0. The second-order valence-corrected chi connectivity index (χ2v) is 22.3. The van der Waals surface area contributed by atoms with Gasteiger partial charge in [-0.25, -0.2) is 0 Å². The van der Waals surface area contributed by atoms with Gasteiger partial charge in [-0.2, -0.15) is 0 Å². The maximum atomic E-state index is 12.9. The van der Waals surface area contributed by atoms with Gasteiger partial charge in [-0.1, -0.05) is 308 Å². The van der Waals surface area contributed by atoms with Crippen molar-refractivity contribution in [3.05, 3.63) is 146 Å². The van der Waals surface area contributed by atoms with Crippen molar-refractivity contribution < 1.29 is 28.6 Å². The molecule has 6 heteroatoms. The number of carbonyl (C=O) groups excluding carboxylic acids is 3. The van der Waals surface area contributed by atoms with Gasteiger partial charge in [0, 0.05) is 19.3 Å². The smallest absolute Gasteiger partial charge is 0.306 e. The van der Waals surface area contributed by atoms with Gasteiger partial charge < -0.3 is 14.2 Å². The largest absolute Gasteiger partial charge is 0.462 e. The highest BCUT2D eigenvalue weighted by atomic mass is 16.6. The summed E-state index contributed by atoms with van der Waals surface area (Å²) in [4.78, 5) is 38.3. The molecule has 0 fully saturated rings. The summed E-state index contributed by atoms with van der Waals surface area (Å²) < 4.78 is 16.9. The third-order valence-electron chi connectivity index (χ3n) is 14.3. The van der Waals surface area contributed by atoms with Crippen LogP contribution in [0.2, 0.25) is 0 Å². The molecule has 0 aromatic carbocycles. The molecule has 0 bridgehead atoms. The summed E-state index contributed by atoms with van der Waals surface area (Å²) in [6.45, 7) is 6.38. The third kappa shape index (κ3) is 68.0. The normalized spacial score (nSPS) is 13.0. The highest BCUT2D eigenvalue weighted by Crippen LogP contribution is 2.16. The highest BCUT2D eigenvalue weighted by Gasteiger charge is 2.19. The number of carbonyl (C=O) groups is 3. The van der Waals surface area contributed by atoms with Crippen molar-refractivity contribution in [1.29, 1.82) is 0 Å². The molecule has 0 heterocycles. The lowest BCUT2D eigenvalue weighted by atomic mass is 10.0. The first-order valence-electron chi connectivity index (χ1n) is 34.3. The number of allylic oxidation sites excluding steroid dienone is 24. The Morgan fingerprint density at radius 1 is 0.253 bits per heavy atom. The minimum Gasteiger partial charge on any atom is -0.462 e. The van der Waals surface area contributed by atoms with Gasteiger partial charge in [0.2, 0.25) is 0 Å². The second-order valence-electron chi connectivity index (χ2n) is 22.3. The lowest BCUT2D eigenvalue weighted by Gasteiger charge is -2.18. The quantitative estimate of drug-likeness (QED) is 0.0261. The number of hydrogen-bond donors (Lipinski definition) is 0. The predicted octanol–water partition coefficient (Wildman–Crippen LogP) is 23.9. The van der Waals surface area contributed by atoms with E-state index < -0.39 is 6.10 Å². The van der Waals surface area contributed by atoms with Crippen LogP contribution in [0.5, 0.6) is 0 Å². The van der Waals surface area contributed by atoms with E-state index in [0.717, 1.165) is 128 Å². The van der Waals surface area contributed by atoms with Crippen LogP contribution in [0.15, 0.2) is 146 Å². The molecule has 0 aliphatic heterocycles. The molecule has 470 valence electrons. The van der Waals surface area contributed by atoms with Gasteiger partial charge in [-0.15, -0.1) is 0 Å². The molecule has 1 atom stereocenters. The van der Waals surface area contributed by atoms with Crippen LogP contribution >= 0.6 is 0 Å². The number of ether oxygens (including phenoxy) is 3. The van der Waals surface area contributed by atoms with E-state index >= 15 is 0 Å². The van der Waals surface area contributed by atoms with E-state index in [9.17, 15) is 14.4 Å². The second kappa shape index (κ2) is 69.8. The summed E-state index contributed by atoms with van der Waals surface area (Å²) in [5.41, 5.74) is 0. The number of esters is 3. The van der Waals surface area contributed by atoms with E-state index in [0.29, 0.717) is 19.3 Å². The molecule has 0 amide bonds. The van der Waals surface area contributed by atoms with E-state index in [1.807, 2.05) is 0 Å². The van der Waals surface area contributed by atoms with Gasteiger partial charge in [-0.05, 0) is 122 Å². The van der Waals surface area contributed by atoms with Crippen LogP contribution in [0.25, 0.3) is 0 Å². The molecule has 0 rings (SSSR count). The van der Waals surface area contributed by atoms with Crippen LogP contribution in [-0.4, -0.2) is 37.2 Å². The van der Waals surface area contributed by atoms with Crippen molar-refractivity contribution in [2.24, 2.45) is 0 Å². The molecular formula is C77H126O6. The van der Waals surface area contributed by atoms with Crippen molar-refractivity contribution >= 4 is 17.9 Å². The molecule has 0 aliphatic rings. The first-order valence-corrected chi connectivity index (χ1v) is 34.3. The fraction of sp³-hybridized carbons (Fsp3) is 0.649. The van der Waals surface area contributed by atoms with Crippen molar-refractivity contribution in [3.8, 4) is 0 Å². The van der Waals surface area contributed by atoms with Gasteiger partial charge in [-0.3, -0.25) is 14.4 Å². The van der Waals surface area contributed by atoms with Gasteiger partial charge >= 0.3 is 17.9 Å². The molecule has 0 aliphatic carbocycles. The standard InChI is InChI=1S/C77H126O6/c1-4-7-10-13-16-19-22-24-26-28-30-32-33-34-35-36-37-38-39-40-41-42-43-45-46-48-50-52-55-58-61-64-67-70-76(79)82-73-74(72-81-75(78)69-66-63-60-57-54-21-18-15-12-9-6-3)83-77(80)71-68-65-62-59-56-53-51-49-47-44-31-29-27-25-23-20-17-14-11-8-5-2/h7-8,10-11,16-17,19-20,24-27,30-32,34-35,37-38,44,49,51,56,59,74H,4-6,9,12-15,18,21-23,28-29,33,36,39-43,45-48,50,52-55,57-58,60-73H2,1-3H3/b10-7-,11-8-,19-16-,20-17-,26-24-,27-25-,32-30-,35-34-,38-37-,44-31-,51-49-,59-56-. The van der Waals surface area contributed by atoms with Crippen LogP contribution in [0.4, 0.5) is 0 Å². The average Bonchev–Trinajstić information content (AvgIpc) is 3.48. The van der Waals surface area contributed by atoms with Gasteiger partial charge in [0.15, 0.2) is 6.10 Å². The maximum absolute atomic E-state index is 12.9. The Hall–Kier alpha value is -4.71. The van der Waals surface area contributed by atoms with Crippen molar-refractivity contribution in [1.82, 2.24) is 0 Å². The molecule has 6 nitrogen and oxygen atoms in total. The molecule has 0 radical (unpaired) electrons. The van der Waals surface area contributed by atoms with E-state index in [-0.39, 0.29) is 37.5 Å². The fourth-order valence-corrected chi connectivity index (χ4v) is 9.27. The summed E-state index contributed by atoms with van der Waals surface area (Å²) in [7, 11) is 0. The van der Waals surface area contributed by atoms with Crippen molar-refractivity contribution in [3.63, 3.8) is 0 Å². The van der Waals surface area contributed by atoms with Gasteiger partial charge in [0.25, 0.3) is 0 Å². The molecule has 83 heavy (non-hydrogen) atoms. The third-order valence-corrected chi connectivity index (χ3v) is 14.3. The topological polar surface area (TPSA) is 78.9 Å². The molecule has 0 saturated heterocycles.